The summed E-state index contributed by atoms with van der Waals surface area (Å²) in [6, 6.07) is 11.5. The van der Waals surface area contributed by atoms with Crippen LogP contribution in [0, 0.1) is 11.7 Å². The van der Waals surface area contributed by atoms with Crippen molar-refractivity contribution in [3.05, 3.63) is 66.1 Å². The molecule has 1 aliphatic carbocycles. The molecule has 2 aromatic heterocycles. The van der Waals surface area contributed by atoms with Crippen LogP contribution in [-0.4, -0.2) is 21.1 Å². The number of fused-ring (bicyclic) bond motifs is 1. The van der Waals surface area contributed by atoms with Gasteiger partial charge in [0.05, 0.1) is 22.2 Å². The van der Waals surface area contributed by atoms with Crippen LogP contribution in [0.15, 0.2) is 54.7 Å². The van der Waals surface area contributed by atoms with Crippen LogP contribution in [0.5, 0.6) is 5.88 Å². The molecule has 1 fully saturated rings. The van der Waals surface area contributed by atoms with E-state index in [4.69, 9.17) is 4.74 Å². The quantitative estimate of drug-likeness (QED) is 0.317. The zero-order valence-corrected chi connectivity index (χ0v) is 18.5. The second-order valence-electron chi connectivity index (χ2n) is 8.89. The Bertz CT molecular complexity index is 1310. The summed E-state index contributed by atoms with van der Waals surface area (Å²) in [5.41, 5.74) is 1.27. The lowest BCUT2D eigenvalue weighted by Crippen LogP contribution is -2.23. The lowest BCUT2D eigenvalue weighted by molar-refractivity contribution is -0.137. The average molecular weight is 469 g/mol. The van der Waals surface area contributed by atoms with Gasteiger partial charge in [-0.1, -0.05) is 13.0 Å². The molecular weight excluding hydrogens is 446 g/mol. The van der Waals surface area contributed by atoms with Gasteiger partial charge in [-0.2, -0.15) is 13.2 Å². The number of pyridine rings is 1. The van der Waals surface area contributed by atoms with E-state index in [0.29, 0.717) is 17.0 Å². The number of hydrogen-bond acceptors (Lipinski definition) is 3. The molecule has 2 heterocycles. The fraction of sp³-hybridized carbons (Fsp3) is 0.308. The minimum atomic E-state index is -4.46. The number of aromatic amines is 1. The molecule has 2 aromatic carbocycles. The summed E-state index contributed by atoms with van der Waals surface area (Å²) in [4.78, 5) is 11.4. The van der Waals surface area contributed by atoms with Gasteiger partial charge < -0.3 is 9.72 Å². The molecule has 8 heteroatoms. The SMILES string of the molecule is CC1CCC(Oc2ccc(-c3ccc(-c4nc5ccc(C(F)(F)F)cc5[nH]4)c(F)c3)cn2)CC1. The van der Waals surface area contributed by atoms with Crippen LogP contribution in [0.25, 0.3) is 33.5 Å². The Balaban J connectivity index is 1.34. The summed E-state index contributed by atoms with van der Waals surface area (Å²) in [6.07, 6.45) is 1.73. The number of hydrogen-bond donors (Lipinski definition) is 1. The first-order valence-electron chi connectivity index (χ1n) is 11.3. The highest BCUT2D eigenvalue weighted by atomic mass is 19.4. The van der Waals surface area contributed by atoms with Gasteiger partial charge >= 0.3 is 6.18 Å². The molecule has 0 saturated heterocycles. The van der Waals surface area contributed by atoms with Crippen molar-refractivity contribution in [3.63, 3.8) is 0 Å². The topological polar surface area (TPSA) is 50.8 Å². The van der Waals surface area contributed by atoms with E-state index >= 15 is 0 Å². The van der Waals surface area contributed by atoms with E-state index in [1.807, 2.05) is 6.07 Å². The van der Waals surface area contributed by atoms with Crippen molar-refractivity contribution in [3.8, 4) is 28.4 Å². The Kier molecular flexibility index (Phi) is 5.75. The number of nitrogens with one attached hydrogen (secondary N) is 1. The van der Waals surface area contributed by atoms with Gasteiger partial charge in [0.15, 0.2) is 0 Å². The lowest BCUT2D eigenvalue weighted by atomic mass is 9.89. The summed E-state index contributed by atoms with van der Waals surface area (Å²) >= 11 is 0. The third-order valence-corrected chi connectivity index (χ3v) is 6.35. The van der Waals surface area contributed by atoms with Gasteiger partial charge in [0.1, 0.15) is 17.7 Å². The summed E-state index contributed by atoms with van der Waals surface area (Å²) in [6.45, 7) is 2.26. The first-order valence-corrected chi connectivity index (χ1v) is 11.3. The number of halogens is 4. The van der Waals surface area contributed by atoms with E-state index in [2.05, 4.69) is 21.9 Å². The van der Waals surface area contributed by atoms with Crippen LogP contribution in [0.3, 0.4) is 0 Å². The predicted molar refractivity (Wildman–Crippen MR) is 122 cm³/mol. The number of H-pyrrole nitrogens is 1. The first kappa shape index (κ1) is 22.4. The van der Waals surface area contributed by atoms with E-state index in [9.17, 15) is 17.6 Å². The van der Waals surface area contributed by atoms with E-state index in [0.717, 1.165) is 49.3 Å². The molecule has 0 bridgehead atoms. The van der Waals surface area contributed by atoms with Crippen molar-refractivity contribution in [2.24, 2.45) is 5.92 Å². The second-order valence-corrected chi connectivity index (χ2v) is 8.89. The summed E-state index contributed by atoms with van der Waals surface area (Å²) in [7, 11) is 0. The molecule has 0 radical (unpaired) electrons. The van der Waals surface area contributed by atoms with Crippen molar-refractivity contribution < 1.29 is 22.3 Å². The normalized spacial score (nSPS) is 18.9. The number of alkyl halides is 3. The lowest BCUT2D eigenvalue weighted by Gasteiger charge is -2.26. The number of nitrogens with zero attached hydrogens (tertiary/aromatic N) is 2. The van der Waals surface area contributed by atoms with Gasteiger partial charge in [-0.3, -0.25) is 0 Å². The number of ether oxygens (including phenoxy) is 1. The van der Waals surface area contributed by atoms with Gasteiger partial charge in [0.2, 0.25) is 5.88 Å². The van der Waals surface area contributed by atoms with Crippen LogP contribution in [-0.2, 0) is 6.18 Å². The Morgan fingerprint density at radius 3 is 2.38 bits per heavy atom. The van der Waals surface area contributed by atoms with Crippen molar-refractivity contribution in [2.45, 2.75) is 44.9 Å². The van der Waals surface area contributed by atoms with Gasteiger partial charge in [0.25, 0.3) is 0 Å². The molecule has 5 rings (SSSR count). The number of benzene rings is 2. The van der Waals surface area contributed by atoms with Crippen molar-refractivity contribution in [2.75, 3.05) is 0 Å². The Morgan fingerprint density at radius 1 is 0.941 bits per heavy atom. The molecule has 176 valence electrons. The van der Waals surface area contributed by atoms with E-state index < -0.39 is 17.6 Å². The van der Waals surface area contributed by atoms with Gasteiger partial charge in [-0.15, -0.1) is 0 Å². The average Bonchev–Trinajstić information content (AvgIpc) is 3.23. The fourth-order valence-corrected chi connectivity index (χ4v) is 4.34. The van der Waals surface area contributed by atoms with Crippen molar-refractivity contribution in [1.82, 2.24) is 15.0 Å². The van der Waals surface area contributed by atoms with Gasteiger partial charge in [0, 0.05) is 17.8 Å². The molecule has 0 amide bonds. The summed E-state index contributed by atoms with van der Waals surface area (Å²) < 4.78 is 59.8. The predicted octanol–water partition coefficient (Wildman–Crippen LogP) is 7.41. The number of aromatic nitrogens is 3. The fourth-order valence-electron chi connectivity index (χ4n) is 4.34. The zero-order valence-electron chi connectivity index (χ0n) is 18.5. The third-order valence-electron chi connectivity index (χ3n) is 6.35. The molecular formula is C26H23F4N3O. The zero-order chi connectivity index (χ0) is 23.9. The molecule has 1 saturated carbocycles. The van der Waals surface area contributed by atoms with Gasteiger partial charge in [-0.05, 0) is 73.6 Å². The molecule has 0 unspecified atom stereocenters. The van der Waals surface area contributed by atoms with E-state index in [1.54, 1.807) is 24.4 Å². The Morgan fingerprint density at radius 2 is 1.71 bits per heavy atom. The smallest absolute Gasteiger partial charge is 0.416 e. The van der Waals surface area contributed by atoms with Crippen molar-refractivity contribution in [1.29, 1.82) is 0 Å². The standard InChI is InChI=1S/C26H23F4N3O/c1-15-2-7-19(8-3-15)34-24-11-5-17(14-31-24)16-4-9-20(21(27)12-16)25-32-22-10-6-18(26(28,29)30)13-23(22)33-25/h4-6,9-15,19H,2-3,7-8H2,1H3,(H,32,33). The monoisotopic (exact) mass is 469 g/mol. The molecule has 4 nitrogen and oxygen atoms in total. The van der Waals surface area contributed by atoms with Crippen LogP contribution < -0.4 is 4.74 Å². The van der Waals surface area contributed by atoms with E-state index in [-0.39, 0.29) is 23.0 Å². The van der Waals surface area contributed by atoms with Crippen molar-refractivity contribution >= 4 is 11.0 Å². The van der Waals surface area contributed by atoms with Crippen LogP contribution >= 0.6 is 0 Å². The Hall–Kier alpha value is -3.42. The second kappa shape index (κ2) is 8.74. The maximum absolute atomic E-state index is 15.0. The van der Waals surface area contributed by atoms with Crippen LogP contribution in [0.1, 0.15) is 38.2 Å². The highest BCUT2D eigenvalue weighted by molar-refractivity contribution is 5.80. The number of imidazole rings is 1. The van der Waals surface area contributed by atoms with Crippen LogP contribution in [0.4, 0.5) is 17.6 Å². The molecule has 0 atom stereocenters. The third kappa shape index (κ3) is 4.62. The minimum absolute atomic E-state index is 0.169. The molecule has 0 aliphatic heterocycles. The molecule has 0 spiro atoms. The van der Waals surface area contributed by atoms with Crippen LogP contribution in [0.2, 0.25) is 0 Å². The largest absolute Gasteiger partial charge is 0.474 e. The van der Waals surface area contributed by atoms with E-state index in [1.165, 1.54) is 12.1 Å². The number of rotatable bonds is 4. The maximum atomic E-state index is 15.0. The molecule has 4 aromatic rings. The molecule has 1 N–H and O–H groups in total. The summed E-state index contributed by atoms with van der Waals surface area (Å²) in [5.74, 6) is 0.928. The molecule has 34 heavy (non-hydrogen) atoms. The highest BCUT2D eigenvalue weighted by Crippen LogP contribution is 2.33. The molecule has 1 aliphatic rings. The Labute approximate surface area is 194 Å². The highest BCUT2D eigenvalue weighted by Gasteiger charge is 2.30. The van der Waals surface area contributed by atoms with Gasteiger partial charge in [-0.25, -0.2) is 14.4 Å². The summed E-state index contributed by atoms with van der Waals surface area (Å²) in [5, 5.41) is 0. The minimum Gasteiger partial charge on any atom is -0.474 e. The maximum Gasteiger partial charge on any atom is 0.416 e. The first-order chi connectivity index (χ1) is 16.3.